The van der Waals surface area contributed by atoms with Crippen molar-refractivity contribution in [3.63, 3.8) is 0 Å². The van der Waals surface area contributed by atoms with E-state index in [2.05, 4.69) is 4.72 Å². The molecule has 1 aromatic carbocycles. The van der Waals surface area contributed by atoms with Crippen LogP contribution in [0.25, 0.3) is 0 Å². The molecule has 0 aliphatic carbocycles. The fraction of sp³-hybridized carbons (Fsp3) is 0.231. The van der Waals surface area contributed by atoms with Crippen LogP contribution >= 0.6 is 11.3 Å². The molecule has 2 rings (SSSR count). The third kappa shape index (κ3) is 2.98. The van der Waals surface area contributed by atoms with Gasteiger partial charge >= 0.3 is 0 Å². The zero-order valence-corrected chi connectivity index (χ0v) is 11.9. The van der Waals surface area contributed by atoms with Crippen molar-refractivity contribution >= 4 is 21.4 Å². The molecule has 1 N–H and O–H groups in total. The average molecular weight is 281 g/mol. The lowest BCUT2D eigenvalue weighted by Gasteiger charge is -2.12. The molecule has 96 valence electrons. The van der Waals surface area contributed by atoms with Crippen molar-refractivity contribution in [2.75, 3.05) is 0 Å². The quantitative estimate of drug-likeness (QED) is 0.936. The molecular formula is C13H15NO2S2. The van der Waals surface area contributed by atoms with E-state index in [0.717, 1.165) is 10.4 Å². The van der Waals surface area contributed by atoms with Gasteiger partial charge in [0.1, 0.15) is 0 Å². The third-order valence-electron chi connectivity index (χ3n) is 2.63. The summed E-state index contributed by atoms with van der Waals surface area (Å²) in [5.74, 6) is 0. The van der Waals surface area contributed by atoms with E-state index >= 15 is 0 Å². The Hall–Kier alpha value is -1.17. The number of sulfonamides is 1. The molecule has 1 aromatic heterocycles. The fourth-order valence-electron chi connectivity index (χ4n) is 1.61. The molecule has 3 nitrogen and oxygen atoms in total. The number of hydrogen-bond acceptors (Lipinski definition) is 3. The Morgan fingerprint density at radius 2 is 1.83 bits per heavy atom. The summed E-state index contributed by atoms with van der Waals surface area (Å²) < 4.78 is 27.0. The molecule has 0 saturated heterocycles. The number of aryl methyl sites for hydroxylation is 1. The number of nitrogens with one attached hydrogen (secondary N) is 1. The van der Waals surface area contributed by atoms with Crippen LogP contribution < -0.4 is 4.72 Å². The standard InChI is InChI=1S/C13H15NO2S2/c1-10-5-7-12(8-6-10)18(15,16)14-11(2)13-4-3-9-17-13/h3-9,11,14H,1-2H3. The molecule has 0 saturated carbocycles. The maximum atomic E-state index is 12.1. The second-order valence-corrected chi connectivity index (χ2v) is 6.86. The summed E-state index contributed by atoms with van der Waals surface area (Å²) in [5.41, 5.74) is 1.04. The smallest absolute Gasteiger partial charge is 0.207 e. The van der Waals surface area contributed by atoms with Crippen LogP contribution in [0, 0.1) is 6.92 Å². The molecule has 1 heterocycles. The molecule has 18 heavy (non-hydrogen) atoms. The van der Waals surface area contributed by atoms with Crippen molar-refractivity contribution in [3.05, 3.63) is 52.2 Å². The van der Waals surface area contributed by atoms with E-state index in [1.807, 2.05) is 31.4 Å². The molecule has 0 fully saturated rings. The van der Waals surface area contributed by atoms with Crippen LogP contribution in [0.3, 0.4) is 0 Å². The van der Waals surface area contributed by atoms with E-state index in [0.29, 0.717) is 4.90 Å². The van der Waals surface area contributed by atoms with Gasteiger partial charge in [-0.2, -0.15) is 0 Å². The fourth-order valence-corrected chi connectivity index (χ4v) is 3.65. The first-order valence-electron chi connectivity index (χ1n) is 5.61. The highest BCUT2D eigenvalue weighted by Gasteiger charge is 2.18. The minimum Gasteiger partial charge on any atom is -0.207 e. The monoisotopic (exact) mass is 281 g/mol. The Balaban J connectivity index is 2.20. The van der Waals surface area contributed by atoms with Crippen LogP contribution in [-0.2, 0) is 10.0 Å². The normalized spacial score (nSPS) is 13.4. The second-order valence-electron chi connectivity index (χ2n) is 4.17. The van der Waals surface area contributed by atoms with E-state index in [9.17, 15) is 8.42 Å². The van der Waals surface area contributed by atoms with Gasteiger partial charge in [-0.25, -0.2) is 13.1 Å². The summed E-state index contributed by atoms with van der Waals surface area (Å²) in [6, 6.07) is 10.5. The molecule has 0 aliphatic heterocycles. The lowest BCUT2D eigenvalue weighted by atomic mass is 10.2. The zero-order chi connectivity index (χ0) is 13.2. The zero-order valence-electron chi connectivity index (χ0n) is 10.3. The molecule has 5 heteroatoms. The lowest BCUT2D eigenvalue weighted by Crippen LogP contribution is -2.26. The highest BCUT2D eigenvalue weighted by molar-refractivity contribution is 7.89. The molecular weight excluding hydrogens is 266 g/mol. The van der Waals surface area contributed by atoms with Gasteiger partial charge in [-0.05, 0) is 37.4 Å². The summed E-state index contributed by atoms with van der Waals surface area (Å²) in [6.45, 7) is 3.77. The Morgan fingerprint density at radius 3 is 2.39 bits per heavy atom. The summed E-state index contributed by atoms with van der Waals surface area (Å²) in [4.78, 5) is 1.31. The van der Waals surface area contributed by atoms with Crippen molar-refractivity contribution in [3.8, 4) is 0 Å². The molecule has 0 spiro atoms. The summed E-state index contributed by atoms with van der Waals surface area (Å²) >= 11 is 1.54. The third-order valence-corrected chi connectivity index (χ3v) is 5.24. The van der Waals surface area contributed by atoms with Crippen LogP contribution in [0.4, 0.5) is 0 Å². The first-order chi connectivity index (χ1) is 8.49. The Labute approximate surface area is 112 Å². The van der Waals surface area contributed by atoms with Gasteiger partial charge in [-0.3, -0.25) is 0 Å². The molecule has 2 aromatic rings. The van der Waals surface area contributed by atoms with E-state index < -0.39 is 10.0 Å². The molecule has 0 bridgehead atoms. The van der Waals surface area contributed by atoms with Crippen molar-refractivity contribution < 1.29 is 8.42 Å². The van der Waals surface area contributed by atoms with Crippen LogP contribution in [0.15, 0.2) is 46.7 Å². The van der Waals surface area contributed by atoms with Crippen molar-refractivity contribution in [1.82, 2.24) is 4.72 Å². The summed E-state index contributed by atoms with van der Waals surface area (Å²) in [7, 11) is -3.45. The van der Waals surface area contributed by atoms with Gasteiger partial charge in [0.15, 0.2) is 0 Å². The number of benzene rings is 1. The lowest BCUT2D eigenvalue weighted by molar-refractivity contribution is 0.568. The number of rotatable bonds is 4. The highest BCUT2D eigenvalue weighted by atomic mass is 32.2. The average Bonchev–Trinajstić information content (AvgIpc) is 2.82. The number of thiophene rings is 1. The van der Waals surface area contributed by atoms with Crippen LogP contribution in [0.2, 0.25) is 0 Å². The van der Waals surface area contributed by atoms with Gasteiger partial charge in [0.2, 0.25) is 10.0 Å². The summed E-state index contributed by atoms with van der Waals surface area (Å²) in [6.07, 6.45) is 0. The van der Waals surface area contributed by atoms with E-state index in [-0.39, 0.29) is 6.04 Å². The second kappa shape index (κ2) is 5.22. The van der Waals surface area contributed by atoms with Gasteiger partial charge in [-0.1, -0.05) is 23.8 Å². The van der Waals surface area contributed by atoms with Gasteiger partial charge in [0.05, 0.1) is 10.9 Å². The SMILES string of the molecule is Cc1ccc(S(=O)(=O)NC(C)c2cccs2)cc1. The van der Waals surface area contributed by atoms with Crippen LogP contribution in [0.5, 0.6) is 0 Å². The molecule has 1 atom stereocenters. The van der Waals surface area contributed by atoms with Gasteiger partial charge in [0.25, 0.3) is 0 Å². The van der Waals surface area contributed by atoms with Crippen LogP contribution in [-0.4, -0.2) is 8.42 Å². The molecule has 1 unspecified atom stereocenters. The first kappa shape index (κ1) is 13.3. The number of hydrogen-bond donors (Lipinski definition) is 1. The highest BCUT2D eigenvalue weighted by Crippen LogP contribution is 2.21. The predicted molar refractivity (Wildman–Crippen MR) is 74.2 cm³/mol. The Kier molecular flexibility index (Phi) is 3.85. The largest absolute Gasteiger partial charge is 0.241 e. The van der Waals surface area contributed by atoms with E-state index in [4.69, 9.17) is 0 Å². The van der Waals surface area contributed by atoms with E-state index in [1.165, 1.54) is 0 Å². The molecule has 0 radical (unpaired) electrons. The Bertz CT molecular complexity index is 601. The van der Waals surface area contributed by atoms with Crippen molar-refractivity contribution in [1.29, 1.82) is 0 Å². The molecule has 0 aliphatic rings. The Morgan fingerprint density at radius 1 is 1.17 bits per heavy atom. The topological polar surface area (TPSA) is 46.2 Å². The van der Waals surface area contributed by atoms with Crippen molar-refractivity contribution in [2.24, 2.45) is 0 Å². The maximum Gasteiger partial charge on any atom is 0.241 e. The van der Waals surface area contributed by atoms with Gasteiger partial charge < -0.3 is 0 Å². The molecule has 0 amide bonds. The van der Waals surface area contributed by atoms with E-state index in [1.54, 1.807) is 35.6 Å². The summed E-state index contributed by atoms with van der Waals surface area (Å²) in [5, 5.41) is 1.94. The van der Waals surface area contributed by atoms with Gasteiger partial charge in [-0.15, -0.1) is 11.3 Å². The van der Waals surface area contributed by atoms with Crippen LogP contribution in [0.1, 0.15) is 23.4 Å². The van der Waals surface area contributed by atoms with Gasteiger partial charge in [0, 0.05) is 4.88 Å². The first-order valence-corrected chi connectivity index (χ1v) is 7.98. The predicted octanol–water partition coefficient (Wildman–Crippen LogP) is 3.10. The minimum atomic E-state index is -3.45. The minimum absolute atomic E-state index is 0.212. The maximum absolute atomic E-state index is 12.1. The van der Waals surface area contributed by atoms with Crippen molar-refractivity contribution in [2.45, 2.75) is 24.8 Å².